The van der Waals surface area contributed by atoms with Crippen LogP contribution in [0.1, 0.15) is 20.3 Å². The van der Waals surface area contributed by atoms with Gasteiger partial charge in [-0.15, -0.1) is 0 Å². The molecule has 1 aromatic rings. The summed E-state index contributed by atoms with van der Waals surface area (Å²) in [5, 5.41) is 8.62. The lowest BCUT2D eigenvalue weighted by molar-refractivity contribution is 0.360. The van der Waals surface area contributed by atoms with Crippen LogP contribution in [-0.4, -0.2) is 30.3 Å². The third-order valence-electron chi connectivity index (χ3n) is 2.45. The van der Waals surface area contributed by atoms with Crippen LogP contribution in [0.25, 0.3) is 0 Å². The van der Waals surface area contributed by atoms with Crippen molar-refractivity contribution in [2.45, 2.75) is 31.2 Å². The lowest BCUT2D eigenvalue weighted by Gasteiger charge is -2.25. The van der Waals surface area contributed by atoms with E-state index in [-0.39, 0.29) is 29.7 Å². The Morgan fingerprint density at radius 2 is 2.21 bits per heavy atom. The highest BCUT2D eigenvalue weighted by Gasteiger charge is 2.29. The zero-order valence-corrected chi connectivity index (χ0v) is 13.1. The molecular weight excluding hydrogens is 332 g/mol. The molecule has 0 spiro atoms. The number of rotatable bonds is 5. The van der Waals surface area contributed by atoms with Crippen LogP contribution in [0, 0.1) is 11.3 Å². The lowest BCUT2D eigenvalue weighted by Crippen LogP contribution is -2.38. The molecule has 0 bridgehead atoms. The summed E-state index contributed by atoms with van der Waals surface area (Å²) in [6.07, 6.45) is 1.56. The Morgan fingerprint density at radius 1 is 1.58 bits per heavy atom. The third kappa shape index (κ3) is 3.65. The summed E-state index contributed by atoms with van der Waals surface area (Å²) in [7, 11) is -3.76. The minimum atomic E-state index is -3.76. The van der Waals surface area contributed by atoms with E-state index < -0.39 is 10.0 Å². The fraction of sp³-hybridized carbons (Fsp3) is 0.455. The van der Waals surface area contributed by atoms with Gasteiger partial charge in [0, 0.05) is 29.7 Å². The normalized spacial score (nSPS) is 11.8. The number of nitrogen functional groups attached to an aromatic ring is 1. The maximum atomic E-state index is 12.5. The van der Waals surface area contributed by atoms with Gasteiger partial charge in [0.25, 0.3) is 0 Å². The number of anilines is 1. The molecule has 2 N–H and O–H groups in total. The van der Waals surface area contributed by atoms with Crippen molar-refractivity contribution in [2.24, 2.45) is 0 Å². The minimum absolute atomic E-state index is 0.0477. The molecule has 0 unspecified atom stereocenters. The monoisotopic (exact) mass is 346 g/mol. The SMILES string of the molecule is CC(C)N(CCC#N)S(=O)(=O)c1cc(Br)cnc1N. The van der Waals surface area contributed by atoms with Crippen molar-refractivity contribution in [3.63, 3.8) is 0 Å². The van der Waals surface area contributed by atoms with Gasteiger partial charge in [-0.3, -0.25) is 0 Å². The Balaban J connectivity index is 3.27. The lowest BCUT2D eigenvalue weighted by atomic mass is 10.3. The number of nitrogens with zero attached hydrogens (tertiary/aromatic N) is 3. The zero-order chi connectivity index (χ0) is 14.6. The quantitative estimate of drug-likeness (QED) is 0.874. The Bertz CT molecular complexity index is 595. The molecule has 0 aliphatic carbocycles. The van der Waals surface area contributed by atoms with Crippen LogP contribution in [0.15, 0.2) is 21.6 Å². The van der Waals surface area contributed by atoms with Crippen LogP contribution in [0.4, 0.5) is 5.82 Å². The van der Waals surface area contributed by atoms with Gasteiger partial charge in [-0.2, -0.15) is 9.57 Å². The van der Waals surface area contributed by atoms with Crippen LogP contribution in [-0.2, 0) is 10.0 Å². The van der Waals surface area contributed by atoms with Crippen molar-refractivity contribution >= 4 is 31.8 Å². The second kappa shape index (κ2) is 6.32. The van der Waals surface area contributed by atoms with Gasteiger partial charge in [-0.1, -0.05) is 0 Å². The van der Waals surface area contributed by atoms with Crippen LogP contribution >= 0.6 is 15.9 Å². The fourth-order valence-electron chi connectivity index (χ4n) is 1.58. The Kier molecular flexibility index (Phi) is 5.29. The summed E-state index contributed by atoms with van der Waals surface area (Å²) in [6.45, 7) is 3.62. The number of pyridine rings is 1. The molecule has 0 aliphatic heterocycles. The van der Waals surface area contributed by atoms with Gasteiger partial charge in [0.2, 0.25) is 10.0 Å². The first-order valence-corrected chi connectivity index (χ1v) is 7.83. The van der Waals surface area contributed by atoms with Gasteiger partial charge in [-0.05, 0) is 35.8 Å². The van der Waals surface area contributed by atoms with Gasteiger partial charge >= 0.3 is 0 Å². The van der Waals surface area contributed by atoms with Crippen molar-refractivity contribution in [2.75, 3.05) is 12.3 Å². The molecule has 19 heavy (non-hydrogen) atoms. The Labute approximate surface area is 121 Å². The topological polar surface area (TPSA) is 100 Å². The smallest absolute Gasteiger partial charge is 0.247 e. The predicted molar refractivity (Wildman–Crippen MR) is 75.6 cm³/mol. The van der Waals surface area contributed by atoms with E-state index in [2.05, 4.69) is 20.9 Å². The molecule has 0 amide bonds. The highest BCUT2D eigenvalue weighted by atomic mass is 79.9. The fourth-order valence-corrected chi connectivity index (χ4v) is 3.80. The molecule has 0 fully saturated rings. The third-order valence-corrected chi connectivity index (χ3v) is 4.99. The summed E-state index contributed by atoms with van der Waals surface area (Å²) in [5.41, 5.74) is 5.64. The zero-order valence-electron chi connectivity index (χ0n) is 10.7. The van der Waals surface area contributed by atoms with E-state index in [4.69, 9.17) is 11.0 Å². The predicted octanol–water partition coefficient (Wildman–Crippen LogP) is 1.74. The largest absolute Gasteiger partial charge is 0.383 e. The molecule has 0 aliphatic rings. The summed E-state index contributed by atoms with van der Waals surface area (Å²) >= 11 is 3.17. The number of sulfonamides is 1. The first kappa shape index (κ1) is 15.9. The maximum Gasteiger partial charge on any atom is 0.247 e. The molecule has 8 heteroatoms. The summed E-state index contributed by atoms with van der Waals surface area (Å²) < 4.78 is 26.8. The van der Waals surface area contributed by atoms with Crippen LogP contribution < -0.4 is 5.73 Å². The van der Waals surface area contributed by atoms with E-state index in [1.54, 1.807) is 13.8 Å². The van der Waals surface area contributed by atoms with E-state index in [9.17, 15) is 8.42 Å². The first-order valence-electron chi connectivity index (χ1n) is 5.60. The van der Waals surface area contributed by atoms with Crippen molar-refractivity contribution in [3.8, 4) is 6.07 Å². The molecule has 104 valence electrons. The maximum absolute atomic E-state index is 12.5. The highest BCUT2D eigenvalue weighted by molar-refractivity contribution is 9.10. The number of aromatic nitrogens is 1. The standard InChI is InChI=1S/C11H15BrN4O2S/c1-8(2)16(5-3-4-13)19(17,18)10-6-9(12)7-15-11(10)14/h6-8H,3,5H2,1-2H3,(H2,14,15). The average molecular weight is 347 g/mol. The van der Waals surface area contributed by atoms with Gasteiger partial charge in [0.1, 0.15) is 10.7 Å². The Hall–Kier alpha value is -1.17. The molecule has 0 saturated carbocycles. The second-order valence-electron chi connectivity index (χ2n) is 4.15. The molecule has 1 aromatic heterocycles. The van der Waals surface area contributed by atoms with Crippen LogP contribution in [0.2, 0.25) is 0 Å². The van der Waals surface area contributed by atoms with Gasteiger partial charge < -0.3 is 5.73 Å². The number of hydrogen-bond acceptors (Lipinski definition) is 5. The summed E-state index contributed by atoms with van der Waals surface area (Å²) in [6, 6.07) is 3.09. The van der Waals surface area contributed by atoms with E-state index >= 15 is 0 Å². The van der Waals surface area contributed by atoms with E-state index in [1.165, 1.54) is 16.6 Å². The van der Waals surface area contributed by atoms with Crippen molar-refractivity contribution in [1.29, 1.82) is 5.26 Å². The minimum Gasteiger partial charge on any atom is -0.383 e. The molecule has 6 nitrogen and oxygen atoms in total. The summed E-state index contributed by atoms with van der Waals surface area (Å²) in [5.74, 6) is -0.0502. The summed E-state index contributed by atoms with van der Waals surface area (Å²) in [4.78, 5) is 3.78. The number of nitriles is 1. The van der Waals surface area contributed by atoms with Gasteiger partial charge in [0.05, 0.1) is 6.07 Å². The molecule has 0 aromatic carbocycles. The van der Waals surface area contributed by atoms with Crippen LogP contribution in [0.5, 0.6) is 0 Å². The van der Waals surface area contributed by atoms with E-state index in [0.717, 1.165) is 0 Å². The van der Waals surface area contributed by atoms with E-state index in [1.807, 2.05) is 6.07 Å². The van der Waals surface area contributed by atoms with Gasteiger partial charge in [-0.25, -0.2) is 13.4 Å². The van der Waals surface area contributed by atoms with E-state index in [0.29, 0.717) is 4.47 Å². The van der Waals surface area contributed by atoms with Crippen LogP contribution in [0.3, 0.4) is 0 Å². The molecule has 1 heterocycles. The second-order valence-corrected chi connectivity index (χ2v) is 6.93. The highest BCUT2D eigenvalue weighted by Crippen LogP contribution is 2.25. The molecular formula is C11H15BrN4O2S. The average Bonchev–Trinajstić information content (AvgIpc) is 2.32. The molecule has 0 radical (unpaired) electrons. The van der Waals surface area contributed by atoms with Crippen molar-refractivity contribution in [3.05, 3.63) is 16.7 Å². The number of hydrogen-bond donors (Lipinski definition) is 1. The first-order chi connectivity index (χ1) is 8.80. The number of halogens is 1. The van der Waals surface area contributed by atoms with Crippen molar-refractivity contribution in [1.82, 2.24) is 9.29 Å². The number of nitrogens with two attached hydrogens (primary N) is 1. The molecule has 1 rings (SSSR count). The van der Waals surface area contributed by atoms with Crippen molar-refractivity contribution < 1.29 is 8.42 Å². The molecule has 0 saturated heterocycles. The molecule has 0 atom stereocenters. The van der Waals surface area contributed by atoms with Gasteiger partial charge in [0.15, 0.2) is 0 Å². The Morgan fingerprint density at radius 3 is 2.74 bits per heavy atom.